The minimum Gasteiger partial charge on any atom is -0.506 e. The number of hydrogen-bond donors (Lipinski definition) is 3. The van der Waals surface area contributed by atoms with Crippen LogP contribution in [-0.4, -0.2) is 50.8 Å². The molecule has 3 aromatic rings. The van der Waals surface area contributed by atoms with Gasteiger partial charge in [-0.25, -0.2) is 4.79 Å². The first-order valence-electron chi connectivity index (χ1n) is 9.32. The molecular weight excluding hydrogens is 394 g/mol. The van der Waals surface area contributed by atoms with Crippen LogP contribution >= 0.6 is 12.4 Å². The second-order valence-electron chi connectivity index (χ2n) is 7.53. The number of fused-ring (bicyclic) bond motifs is 3. The summed E-state index contributed by atoms with van der Waals surface area (Å²) in [6.45, 7) is 2.76. The van der Waals surface area contributed by atoms with E-state index >= 15 is 0 Å². The molecule has 3 N–H and O–H groups in total. The molecule has 7 nitrogen and oxygen atoms in total. The topological polar surface area (TPSA) is 98.6 Å². The van der Waals surface area contributed by atoms with Crippen molar-refractivity contribution in [2.45, 2.75) is 32.4 Å². The highest BCUT2D eigenvalue weighted by Gasteiger charge is 2.26. The number of halogens is 1. The van der Waals surface area contributed by atoms with Gasteiger partial charge in [0.05, 0.1) is 5.69 Å². The molecule has 0 aliphatic carbocycles. The minimum atomic E-state index is -1.44. The Morgan fingerprint density at radius 3 is 2.66 bits per heavy atom. The van der Waals surface area contributed by atoms with Crippen molar-refractivity contribution in [3.8, 4) is 17.0 Å². The average molecular weight is 418 g/mol. The molecule has 0 amide bonds. The third-order valence-electron chi connectivity index (χ3n) is 5.70. The van der Waals surface area contributed by atoms with Crippen LogP contribution in [0.5, 0.6) is 5.75 Å². The van der Waals surface area contributed by atoms with Crippen molar-refractivity contribution in [3.63, 3.8) is 0 Å². The first kappa shape index (κ1) is 21.0. The van der Waals surface area contributed by atoms with Crippen LogP contribution in [0.4, 0.5) is 0 Å². The number of hydrogen-bond acceptors (Lipinski definition) is 4. The number of aromatic nitrogens is 2. The van der Waals surface area contributed by atoms with Crippen LogP contribution < -0.4 is 5.56 Å². The Labute approximate surface area is 174 Å². The molecule has 8 heteroatoms. The summed E-state index contributed by atoms with van der Waals surface area (Å²) in [5.74, 6) is -1.89. The summed E-state index contributed by atoms with van der Waals surface area (Å²) in [7, 11) is 4.18. The van der Waals surface area contributed by atoms with Gasteiger partial charge in [-0.15, -0.1) is 12.4 Å². The largest absolute Gasteiger partial charge is 0.506 e. The number of carboxylic acid groups (broad SMARTS) is 1. The molecule has 0 bridgehead atoms. The number of carbonyl (C=O) groups is 1. The lowest BCUT2D eigenvalue weighted by Gasteiger charge is -2.18. The molecule has 0 saturated heterocycles. The maximum absolute atomic E-state index is 12.2. The maximum Gasteiger partial charge on any atom is 0.345 e. The molecule has 29 heavy (non-hydrogen) atoms. The van der Waals surface area contributed by atoms with E-state index < -0.39 is 22.8 Å². The molecule has 3 heterocycles. The van der Waals surface area contributed by atoms with Crippen molar-refractivity contribution < 1.29 is 15.0 Å². The predicted molar refractivity (Wildman–Crippen MR) is 114 cm³/mol. The fourth-order valence-electron chi connectivity index (χ4n) is 4.15. The number of aromatic carboxylic acids is 1. The second kappa shape index (κ2) is 7.57. The van der Waals surface area contributed by atoms with Gasteiger partial charge in [0.1, 0.15) is 5.75 Å². The first-order valence-corrected chi connectivity index (χ1v) is 9.32. The normalized spacial score (nSPS) is 15.5. The van der Waals surface area contributed by atoms with E-state index in [1.165, 1.54) is 5.69 Å². The van der Waals surface area contributed by atoms with Crippen LogP contribution in [0.25, 0.3) is 22.2 Å². The summed E-state index contributed by atoms with van der Waals surface area (Å²) in [6, 6.07) is 8.56. The third kappa shape index (κ3) is 3.30. The number of nitrogens with one attached hydrogen (secondary N) is 1. The highest BCUT2D eigenvalue weighted by Crippen LogP contribution is 2.34. The lowest BCUT2D eigenvalue weighted by Crippen LogP contribution is -2.28. The molecule has 0 radical (unpaired) electrons. The van der Waals surface area contributed by atoms with Gasteiger partial charge in [-0.1, -0.05) is 13.0 Å². The number of pyridine rings is 1. The predicted octanol–water partition coefficient (Wildman–Crippen LogP) is 2.87. The van der Waals surface area contributed by atoms with Crippen molar-refractivity contribution in [3.05, 3.63) is 51.4 Å². The summed E-state index contributed by atoms with van der Waals surface area (Å²) < 4.78 is 2.32. The Morgan fingerprint density at radius 2 is 2.03 bits per heavy atom. The number of likely N-dealkylation sites (N-methyl/N-ethyl adjacent to an activating group) is 1. The highest BCUT2D eigenvalue weighted by molar-refractivity contribution is 5.92. The summed E-state index contributed by atoms with van der Waals surface area (Å²) >= 11 is 0. The van der Waals surface area contributed by atoms with Crippen LogP contribution in [0, 0.1) is 0 Å². The van der Waals surface area contributed by atoms with Gasteiger partial charge >= 0.3 is 5.97 Å². The lowest BCUT2D eigenvalue weighted by molar-refractivity contribution is 0.0691. The van der Waals surface area contributed by atoms with Crippen molar-refractivity contribution in [2.75, 3.05) is 14.1 Å². The molecule has 1 aliphatic rings. The van der Waals surface area contributed by atoms with Gasteiger partial charge in [-0.2, -0.15) is 0 Å². The van der Waals surface area contributed by atoms with Gasteiger partial charge in [0.2, 0.25) is 0 Å². The molecule has 154 valence electrons. The van der Waals surface area contributed by atoms with Crippen LogP contribution in [0.1, 0.15) is 28.5 Å². The van der Waals surface area contributed by atoms with Crippen LogP contribution in [0.2, 0.25) is 0 Å². The minimum absolute atomic E-state index is 0. The number of carboxylic acids is 1. The second-order valence-corrected chi connectivity index (χ2v) is 7.53. The van der Waals surface area contributed by atoms with Crippen LogP contribution in [0.3, 0.4) is 0 Å². The zero-order chi connectivity index (χ0) is 20.2. The van der Waals surface area contributed by atoms with Crippen molar-refractivity contribution in [1.82, 2.24) is 14.5 Å². The summed E-state index contributed by atoms with van der Waals surface area (Å²) in [6.07, 6.45) is 1.38. The monoisotopic (exact) mass is 417 g/mol. The molecule has 0 saturated carbocycles. The molecule has 1 atom stereocenters. The van der Waals surface area contributed by atoms with E-state index in [-0.39, 0.29) is 12.4 Å². The molecule has 4 rings (SSSR count). The van der Waals surface area contributed by atoms with E-state index in [0.29, 0.717) is 23.7 Å². The maximum atomic E-state index is 12.2. The standard InChI is InChI=1S/C21H23N3O4.ClH/c1-4-15-18(22-20(26)17(19(15)25)21(27)28)11-5-6-16-12(7-11)8-13-9-14(23(2)3)10-24(13)16;/h5-8,14H,4,9-10H2,1-3H3,(H,27,28)(H2,22,25,26);1H. The van der Waals surface area contributed by atoms with E-state index in [9.17, 15) is 19.8 Å². The van der Waals surface area contributed by atoms with Crippen molar-refractivity contribution in [2.24, 2.45) is 0 Å². The number of benzene rings is 1. The fourth-order valence-corrected chi connectivity index (χ4v) is 4.15. The molecule has 0 fully saturated rings. The first-order chi connectivity index (χ1) is 13.3. The van der Waals surface area contributed by atoms with E-state index in [0.717, 1.165) is 29.4 Å². The zero-order valence-electron chi connectivity index (χ0n) is 16.5. The Hall–Kier alpha value is -2.77. The van der Waals surface area contributed by atoms with Gasteiger partial charge in [0.25, 0.3) is 5.56 Å². The lowest BCUT2D eigenvalue weighted by atomic mass is 9.99. The van der Waals surface area contributed by atoms with Gasteiger partial charge in [0, 0.05) is 41.2 Å². The number of rotatable bonds is 4. The van der Waals surface area contributed by atoms with Crippen LogP contribution in [0.15, 0.2) is 29.1 Å². The summed E-state index contributed by atoms with van der Waals surface area (Å²) in [4.78, 5) is 28.4. The van der Waals surface area contributed by atoms with E-state index in [2.05, 4.69) is 34.6 Å². The molecular formula is C21H24ClN3O4. The zero-order valence-corrected chi connectivity index (χ0v) is 17.3. The Kier molecular flexibility index (Phi) is 5.47. The summed E-state index contributed by atoms with van der Waals surface area (Å²) in [5, 5.41) is 20.6. The van der Waals surface area contributed by atoms with Crippen LogP contribution in [-0.2, 0) is 19.4 Å². The van der Waals surface area contributed by atoms with E-state index in [1.807, 2.05) is 25.1 Å². The van der Waals surface area contributed by atoms with Gasteiger partial charge in [-0.3, -0.25) is 4.79 Å². The molecule has 0 spiro atoms. The quantitative estimate of drug-likeness (QED) is 0.606. The van der Waals surface area contributed by atoms with Gasteiger partial charge in [-0.05, 0) is 44.3 Å². The molecule has 1 aliphatic heterocycles. The Morgan fingerprint density at radius 1 is 1.31 bits per heavy atom. The van der Waals surface area contributed by atoms with Gasteiger partial charge < -0.3 is 24.7 Å². The van der Waals surface area contributed by atoms with Crippen molar-refractivity contribution >= 4 is 29.3 Å². The molecule has 2 aromatic heterocycles. The van der Waals surface area contributed by atoms with E-state index in [1.54, 1.807) is 0 Å². The number of nitrogens with zero attached hydrogens (tertiary/aromatic N) is 2. The molecule has 1 aromatic carbocycles. The third-order valence-corrected chi connectivity index (χ3v) is 5.70. The summed E-state index contributed by atoms with van der Waals surface area (Å²) in [5.41, 5.74) is 2.64. The fraction of sp³-hybridized carbons (Fsp3) is 0.333. The molecule has 1 unspecified atom stereocenters. The number of aromatic amines is 1. The Bertz CT molecular complexity index is 1160. The number of H-pyrrole nitrogens is 1. The number of aromatic hydroxyl groups is 1. The van der Waals surface area contributed by atoms with Gasteiger partial charge in [0.15, 0.2) is 5.56 Å². The smallest absolute Gasteiger partial charge is 0.345 e. The van der Waals surface area contributed by atoms with E-state index in [4.69, 9.17) is 0 Å². The average Bonchev–Trinajstić information content (AvgIpc) is 3.18. The highest BCUT2D eigenvalue weighted by atomic mass is 35.5. The SMILES string of the molecule is CCc1c(-c2ccc3c(c2)cc2n3CC(N(C)C)C2)[nH]c(=O)c(C(=O)O)c1O.Cl. The Balaban J connectivity index is 0.00000240. The van der Waals surface area contributed by atoms with Crippen molar-refractivity contribution in [1.29, 1.82) is 0 Å².